The molecule has 0 atom stereocenters. The molecule has 2 aromatic carbocycles. The van der Waals surface area contributed by atoms with Crippen LogP contribution in [0.4, 0.5) is 15.8 Å². The van der Waals surface area contributed by atoms with Crippen LogP contribution < -0.4 is 10.2 Å². The van der Waals surface area contributed by atoms with Gasteiger partial charge in [-0.1, -0.05) is 18.2 Å². The van der Waals surface area contributed by atoms with Crippen molar-refractivity contribution in [2.45, 2.75) is 19.4 Å². The molecule has 0 bridgehead atoms. The molecular weight excluding hydrogens is 395 g/mol. The maximum atomic E-state index is 13.8. The minimum atomic E-state index is -1.15. The molecule has 0 spiro atoms. The summed E-state index contributed by atoms with van der Waals surface area (Å²) in [6.45, 7) is 2.69. The lowest BCUT2D eigenvalue weighted by atomic mass is 9.96. The number of thiophene rings is 1. The summed E-state index contributed by atoms with van der Waals surface area (Å²) in [5.41, 5.74) is -0.114. The van der Waals surface area contributed by atoms with Gasteiger partial charge >= 0.3 is 5.97 Å². The van der Waals surface area contributed by atoms with Gasteiger partial charge in [0, 0.05) is 10.1 Å². The third-order valence-electron chi connectivity index (χ3n) is 4.79. The van der Waals surface area contributed by atoms with Gasteiger partial charge in [0.15, 0.2) is 6.61 Å². The summed E-state index contributed by atoms with van der Waals surface area (Å²) in [4.78, 5) is 39.3. The van der Waals surface area contributed by atoms with Gasteiger partial charge in [0.2, 0.25) is 5.91 Å². The van der Waals surface area contributed by atoms with Crippen LogP contribution in [0.3, 0.4) is 0 Å². The van der Waals surface area contributed by atoms with Crippen molar-refractivity contribution in [3.63, 3.8) is 0 Å². The molecule has 29 heavy (non-hydrogen) atoms. The maximum Gasteiger partial charge on any atom is 0.348 e. The number of anilines is 2. The van der Waals surface area contributed by atoms with Crippen molar-refractivity contribution in [3.8, 4) is 0 Å². The first kappa shape index (κ1) is 19.1. The van der Waals surface area contributed by atoms with E-state index in [2.05, 4.69) is 5.32 Å². The molecular formula is C21H17FN2O4S. The Morgan fingerprint density at radius 3 is 2.69 bits per heavy atom. The second-order valence-corrected chi connectivity index (χ2v) is 8.18. The zero-order chi connectivity index (χ0) is 20.8. The van der Waals surface area contributed by atoms with Gasteiger partial charge in [-0.05, 0) is 44.2 Å². The van der Waals surface area contributed by atoms with Crippen LogP contribution in [0, 0.1) is 5.82 Å². The third kappa shape index (κ3) is 3.25. The predicted octanol–water partition coefficient (Wildman–Crippen LogP) is 3.96. The summed E-state index contributed by atoms with van der Waals surface area (Å²) in [6, 6.07) is 12.9. The first-order valence-electron chi connectivity index (χ1n) is 8.88. The number of halogens is 1. The number of benzene rings is 2. The number of rotatable bonds is 3. The van der Waals surface area contributed by atoms with Crippen molar-refractivity contribution in [2.24, 2.45) is 0 Å². The average molecular weight is 412 g/mol. The molecule has 1 aliphatic rings. The Morgan fingerprint density at radius 2 is 1.93 bits per heavy atom. The summed E-state index contributed by atoms with van der Waals surface area (Å²) in [7, 11) is 0. The van der Waals surface area contributed by atoms with Crippen molar-refractivity contribution in [1.29, 1.82) is 0 Å². The number of hydrogen-bond acceptors (Lipinski definition) is 5. The summed E-state index contributed by atoms with van der Waals surface area (Å²) >= 11 is 1.09. The van der Waals surface area contributed by atoms with E-state index in [4.69, 9.17) is 4.74 Å². The van der Waals surface area contributed by atoms with Crippen LogP contribution in [-0.2, 0) is 14.3 Å². The minimum absolute atomic E-state index is 0.203. The fourth-order valence-corrected chi connectivity index (χ4v) is 4.26. The highest BCUT2D eigenvalue weighted by Crippen LogP contribution is 2.36. The molecule has 0 saturated heterocycles. The lowest BCUT2D eigenvalue weighted by Crippen LogP contribution is -2.59. The van der Waals surface area contributed by atoms with Gasteiger partial charge in [0.05, 0.1) is 11.4 Å². The first-order valence-corrected chi connectivity index (χ1v) is 9.69. The van der Waals surface area contributed by atoms with Crippen LogP contribution in [0.1, 0.15) is 23.5 Å². The Bertz CT molecular complexity index is 1150. The zero-order valence-corrected chi connectivity index (χ0v) is 16.5. The number of nitrogens with zero attached hydrogens (tertiary/aromatic N) is 1. The van der Waals surface area contributed by atoms with E-state index in [0.29, 0.717) is 21.5 Å². The summed E-state index contributed by atoms with van der Waals surface area (Å²) in [6.07, 6.45) is 0. The number of carbonyl (C=O) groups is 3. The lowest BCUT2D eigenvalue weighted by Gasteiger charge is -2.41. The van der Waals surface area contributed by atoms with Crippen LogP contribution in [0.5, 0.6) is 0 Å². The second kappa shape index (κ2) is 6.97. The van der Waals surface area contributed by atoms with Gasteiger partial charge in [-0.15, -0.1) is 11.3 Å². The smallest absolute Gasteiger partial charge is 0.348 e. The average Bonchev–Trinajstić information content (AvgIpc) is 3.12. The number of carbonyl (C=O) groups excluding carboxylic acids is 3. The standard InChI is InChI=1S/C21H17FN2O4S/c1-21(2)20(27)23-14-7-3-4-8-15(14)24(21)18(25)11-28-19(26)17-10-12-13(22)6-5-9-16(12)29-17/h3-10H,11H2,1-2H3,(H,23,27). The van der Waals surface area contributed by atoms with E-state index in [0.717, 1.165) is 11.3 Å². The summed E-state index contributed by atoms with van der Waals surface area (Å²) in [5.74, 6) is -2.01. The van der Waals surface area contributed by atoms with E-state index in [-0.39, 0.29) is 10.8 Å². The molecule has 0 radical (unpaired) electrons. The molecule has 3 aromatic rings. The Hall–Kier alpha value is -3.26. The first-order chi connectivity index (χ1) is 13.8. The Kier molecular flexibility index (Phi) is 4.58. The minimum Gasteiger partial charge on any atom is -0.451 e. The maximum absolute atomic E-state index is 13.8. The van der Waals surface area contributed by atoms with Gasteiger partial charge in [0.25, 0.3) is 5.91 Å². The highest BCUT2D eigenvalue weighted by molar-refractivity contribution is 7.20. The number of hydrogen-bond donors (Lipinski definition) is 1. The normalized spacial score (nSPS) is 15.0. The lowest BCUT2D eigenvalue weighted by molar-refractivity contribution is -0.128. The molecule has 8 heteroatoms. The highest BCUT2D eigenvalue weighted by atomic mass is 32.1. The molecule has 1 N–H and O–H groups in total. The van der Waals surface area contributed by atoms with Crippen LogP contribution in [-0.4, -0.2) is 29.9 Å². The van der Waals surface area contributed by atoms with E-state index < -0.39 is 29.8 Å². The van der Waals surface area contributed by atoms with Crippen molar-refractivity contribution >= 4 is 50.6 Å². The van der Waals surface area contributed by atoms with Crippen LogP contribution in [0.15, 0.2) is 48.5 Å². The van der Waals surface area contributed by atoms with Crippen LogP contribution in [0.2, 0.25) is 0 Å². The van der Waals surface area contributed by atoms with E-state index in [1.165, 1.54) is 17.0 Å². The number of para-hydroxylation sites is 2. The second-order valence-electron chi connectivity index (χ2n) is 7.10. The van der Waals surface area contributed by atoms with Gasteiger partial charge < -0.3 is 10.1 Å². The van der Waals surface area contributed by atoms with Crippen molar-refractivity contribution in [1.82, 2.24) is 0 Å². The molecule has 1 aromatic heterocycles. The largest absolute Gasteiger partial charge is 0.451 e. The molecule has 148 valence electrons. The number of esters is 1. The van der Waals surface area contributed by atoms with E-state index >= 15 is 0 Å². The Balaban J connectivity index is 1.55. The number of nitrogens with one attached hydrogen (secondary N) is 1. The Labute approximate surface area is 169 Å². The number of ether oxygens (including phenoxy) is 1. The van der Waals surface area contributed by atoms with E-state index in [1.807, 2.05) is 0 Å². The zero-order valence-electron chi connectivity index (χ0n) is 15.7. The van der Waals surface area contributed by atoms with E-state index in [9.17, 15) is 18.8 Å². The van der Waals surface area contributed by atoms with Gasteiger partial charge in [-0.2, -0.15) is 0 Å². The van der Waals surface area contributed by atoms with E-state index in [1.54, 1.807) is 50.2 Å². The molecule has 4 rings (SSSR count). The van der Waals surface area contributed by atoms with Crippen molar-refractivity contribution in [3.05, 3.63) is 59.2 Å². The molecule has 6 nitrogen and oxygen atoms in total. The Morgan fingerprint density at radius 1 is 1.17 bits per heavy atom. The molecule has 2 heterocycles. The van der Waals surface area contributed by atoms with Gasteiger partial charge in [-0.25, -0.2) is 9.18 Å². The monoisotopic (exact) mass is 412 g/mol. The molecule has 0 fully saturated rings. The molecule has 1 aliphatic heterocycles. The topological polar surface area (TPSA) is 75.7 Å². The fourth-order valence-electron chi connectivity index (χ4n) is 3.29. The molecule has 0 saturated carbocycles. The number of fused-ring (bicyclic) bond motifs is 2. The quantitative estimate of drug-likeness (QED) is 0.661. The van der Waals surface area contributed by atoms with Crippen LogP contribution in [0.25, 0.3) is 10.1 Å². The van der Waals surface area contributed by atoms with Gasteiger partial charge in [0.1, 0.15) is 16.2 Å². The number of amides is 2. The third-order valence-corrected chi connectivity index (χ3v) is 5.87. The molecule has 2 amide bonds. The predicted molar refractivity (Wildman–Crippen MR) is 109 cm³/mol. The SMILES string of the molecule is CC1(C)C(=O)Nc2ccccc2N1C(=O)COC(=O)c1cc2c(F)cccc2s1. The highest BCUT2D eigenvalue weighted by Gasteiger charge is 2.43. The summed E-state index contributed by atoms with van der Waals surface area (Å²) in [5, 5.41) is 3.10. The van der Waals surface area contributed by atoms with Crippen molar-refractivity contribution in [2.75, 3.05) is 16.8 Å². The molecule has 0 unspecified atom stereocenters. The fraction of sp³-hybridized carbons (Fsp3) is 0.190. The van der Waals surface area contributed by atoms with Gasteiger partial charge in [-0.3, -0.25) is 14.5 Å². The molecule has 0 aliphatic carbocycles. The van der Waals surface area contributed by atoms with Crippen LogP contribution >= 0.6 is 11.3 Å². The van der Waals surface area contributed by atoms with Crippen molar-refractivity contribution < 1.29 is 23.5 Å². The summed E-state index contributed by atoms with van der Waals surface area (Å²) < 4.78 is 19.6.